The van der Waals surface area contributed by atoms with Gasteiger partial charge in [0.1, 0.15) is 6.04 Å². The monoisotopic (exact) mass is 260 g/mol. The molecule has 1 rings (SSSR count). The average molecular weight is 260 g/mol. The number of nitrogens with zero attached hydrogens (tertiary/aromatic N) is 1. The van der Waals surface area contributed by atoms with Gasteiger partial charge in [-0.15, -0.1) is 11.3 Å². The van der Waals surface area contributed by atoms with Gasteiger partial charge in [0.25, 0.3) is 5.91 Å². The lowest BCUT2D eigenvalue weighted by Crippen LogP contribution is -2.47. The van der Waals surface area contributed by atoms with Gasteiger partial charge >= 0.3 is 5.91 Å². The Bertz CT molecular complexity index is 529. The van der Waals surface area contributed by atoms with E-state index in [0.29, 0.717) is 5.56 Å². The smallest absolute Gasteiger partial charge is 0.311 e. The molecule has 0 radical (unpaired) electrons. The summed E-state index contributed by atoms with van der Waals surface area (Å²) in [6, 6.07) is 4.71. The second kappa shape index (κ2) is 6.42. The molecule has 1 aromatic carbocycles. The molecule has 0 bridgehead atoms. The summed E-state index contributed by atoms with van der Waals surface area (Å²) in [5, 5.41) is 13.8. The second-order valence-electron chi connectivity index (χ2n) is 3.84. The summed E-state index contributed by atoms with van der Waals surface area (Å²) >= 11 is 0. The van der Waals surface area contributed by atoms with E-state index in [1.165, 1.54) is 19.1 Å². The number of amides is 2. The number of terminal acetylenes is 1. The summed E-state index contributed by atoms with van der Waals surface area (Å²) in [7, 11) is 0. The Morgan fingerprint density at radius 3 is 2.37 bits per heavy atom. The highest BCUT2D eigenvalue weighted by Gasteiger charge is 2.26. The number of nitroso groups, excluding NO2 is 1. The number of aliphatic hydroxyl groups excluding tert-OH is 1. The zero-order valence-corrected chi connectivity index (χ0v) is 10.2. The molecule has 0 saturated carbocycles. The summed E-state index contributed by atoms with van der Waals surface area (Å²) in [4.78, 5) is 33.1. The first-order valence-corrected chi connectivity index (χ1v) is 5.42. The van der Waals surface area contributed by atoms with Crippen LogP contribution in [-0.4, -0.2) is 29.1 Å². The minimum Gasteiger partial charge on any atom is -0.391 e. The molecule has 2 amide bonds. The van der Waals surface area contributed by atoms with Gasteiger partial charge in [-0.3, -0.25) is 9.59 Å². The zero-order chi connectivity index (χ0) is 14.4. The van der Waals surface area contributed by atoms with Gasteiger partial charge in [0.05, 0.1) is 6.10 Å². The quantitative estimate of drug-likeness (QED) is 0.606. The number of hydrogen-bond donors (Lipinski definition) is 2. The first kappa shape index (κ1) is 14.5. The summed E-state index contributed by atoms with van der Waals surface area (Å²) in [5.41, 5.74) is 0.859. The van der Waals surface area contributed by atoms with Gasteiger partial charge in [0.2, 0.25) is 0 Å². The first-order chi connectivity index (χ1) is 8.99. The zero-order valence-electron chi connectivity index (χ0n) is 10.2. The molecule has 2 atom stereocenters. The van der Waals surface area contributed by atoms with Crippen LogP contribution in [0.5, 0.6) is 0 Å². The number of aliphatic hydroxyl groups is 1. The van der Waals surface area contributed by atoms with Crippen LogP contribution in [0.3, 0.4) is 0 Å². The van der Waals surface area contributed by atoms with E-state index < -0.39 is 24.0 Å². The van der Waals surface area contributed by atoms with Crippen LogP contribution < -0.4 is 5.32 Å². The molecule has 0 saturated heterocycles. The maximum absolute atomic E-state index is 11.8. The van der Waals surface area contributed by atoms with Crippen molar-refractivity contribution in [2.45, 2.75) is 19.1 Å². The van der Waals surface area contributed by atoms with Gasteiger partial charge in [-0.1, -0.05) is 5.92 Å². The summed E-state index contributed by atoms with van der Waals surface area (Å²) < 4.78 is 0. The predicted molar refractivity (Wildman–Crippen MR) is 68.1 cm³/mol. The van der Waals surface area contributed by atoms with E-state index in [2.05, 4.69) is 16.4 Å². The third-order valence-corrected chi connectivity index (χ3v) is 2.44. The molecule has 0 heterocycles. The van der Waals surface area contributed by atoms with Crippen LogP contribution in [0.2, 0.25) is 0 Å². The fourth-order valence-electron chi connectivity index (χ4n) is 1.39. The number of carbonyl (C=O) groups is 2. The number of hydrogen-bond acceptors (Lipinski definition) is 4. The molecule has 0 aliphatic rings. The Labute approximate surface area is 109 Å². The van der Waals surface area contributed by atoms with Crippen molar-refractivity contribution in [1.29, 1.82) is 0 Å². The van der Waals surface area contributed by atoms with Crippen molar-refractivity contribution >= 4 is 11.8 Å². The van der Waals surface area contributed by atoms with Crippen molar-refractivity contribution in [2.75, 3.05) is 0 Å². The maximum Gasteiger partial charge on any atom is 0.311 e. The molecular weight excluding hydrogens is 248 g/mol. The van der Waals surface area contributed by atoms with Crippen LogP contribution in [0.4, 0.5) is 0 Å². The van der Waals surface area contributed by atoms with Crippen molar-refractivity contribution in [2.24, 2.45) is 5.18 Å². The molecule has 0 spiro atoms. The van der Waals surface area contributed by atoms with Crippen LogP contribution in [-0.2, 0) is 4.79 Å². The van der Waals surface area contributed by atoms with E-state index in [4.69, 9.17) is 6.42 Å². The van der Waals surface area contributed by atoms with Crippen molar-refractivity contribution in [3.05, 3.63) is 40.3 Å². The van der Waals surface area contributed by atoms with Gasteiger partial charge < -0.3 is 10.4 Å². The van der Waals surface area contributed by atoms with E-state index in [-0.39, 0.29) is 5.56 Å². The molecule has 6 nitrogen and oxygen atoms in total. The van der Waals surface area contributed by atoms with Crippen LogP contribution in [0.15, 0.2) is 29.4 Å². The SMILES string of the molecule is C#Cc1ccc(C(=O)N[C@H](C(=O)N=O)[C@@H](C)O)cc1. The molecule has 0 aromatic heterocycles. The Morgan fingerprint density at radius 2 is 1.95 bits per heavy atom. The molecule has 0 fully saturated rings. The summed E-state index contributed by atoms with van der Waals surface area (Å²) in [6.07, 6.45) is 3.96. The van der Waals surface area contributed by atoms with E-state index in [9.17, 15) is 19.6 Å². The van der Waals surface area contributed by atoms with Crippen LogP contribution in [0.1, 0.15) is 22.8 Å². The Morgan fingerprint density at radius 1 is 1.37 bits per heavy atom. The minimum absolute atomic E-state index is 0.253. The number of carbonyl (C=O) groups excluding carboxylic acids is 2. The van der Waals surface area contributed by atoms with Crippen LogP contribution >= 0.6 is 0 Å². The Hall–Kier alpha value is -2.52. The molecule has 98 valence electrons. The molecule has 0 aliphatic carbocycles. The highest BCUT2D eigenvalue weighted by molar-refractivity contribution is 5.97. The van der Waals surface area contributed by atoms with Crippen molar-refractivity contribution < 1.29 is 14.7 Å². The molecule has 0 aliphatic heterocycles. The molecule has 19 heavy (non-hydrogen) atoms. The van der Waals surface area contributed by atoms with E-state index in [1.807, 2.05) is 0 Å². The lowest BCUT2D eigenvalue weighted by Gasteiger charge is -2.16. The highest BCUT2D eigenvalue weighted by atomic mass is 16.3. The minimum atomic E-state index is -1.36. The van der Waals surface area contributed by atoms with Gasteiger partial charge in [0.15, 0.2) is 0 Å². The fourth-order valence-corrected chi connectivity index (χ4v) is 1.39. The Kier molecular flexibility index (Phi) is 4.92. The largest absolute Gasteiger partial charge is 0.391 e. The van der Waals surface area contributed by atoms with Crippen LogP contribution in [0.25, 0.3) is 0 Å². The second-order valence-corrected chi connectivity index (χ2v) is 3.84. The fraction of sp³-hybridized carbons (Fsp3) is 0.231. The lowest BCUT2D eigenvalue weighted by molar-refractivity contribution is -0.122. The standard InChI is InChI=1S/C13H12N2O4/c1-3-9-4-6-10(7-5-9)12(17)14-11(8(2)16)13(18)15-19/h1,4-8,11,16H,2H3,(H,14,17)/t8-,11+/m1/s1. The van der Waals surface area contributed by atoms with Crippen molar-refractivity contribution in [3.63, 3.8) is 0 Å². The number of benzene rings is 1. The van der Waals surface area contributed by atoms with Crippen molar-refractivity contribution in [1.82, 2.24) is 5.32 Å². The molecule has 0 unspecified atom stereocenters. The van der Waals surface area contributed by atoms with Gasteiger partial charge in [-0.25, -0.2) is 0 Å². The number of nitrogens with one attached hydrogen (secondary N) is 1. The van der Waals surface area contributed by atoms with Crippen LogP contribution in [0, 0.1) is 17.3 Å². The van der Waals surface area contributed by atoms with Gasteiger partial charge in [0, 0.05) is 16.3 Å². The number of rotatable bonds is 4. The third kappa shape index (κ3) is 3.72. The topological polar surface area (TPSA) is 95.8 Å². The summed E-state index contributed by atoms with van der Waals surface area (Å²) in [5.74, 6) is 0.657. The van der Waals surface area contributed by atoms with E-state index in [0.717, 1.165) is 0 Å². The van der Waals surface area contributed by atoms with E-state index >= 15 is 0 Å². The molecular formula is C13H12N2O4. The summed E-state index contributed by atoms with van der Waals surface area (Å²) in [6.45, 7) is 1.27. The molecule has 1 aromatic rings. The lowest BCUT2D eigenvalue weighted by atomic mass is 10.1. The highest BCUT2D eigenvalue weighted by Crippen LogP contribution is 2.05. The molecule has 2 N–H and O–H groups in total. The van der Waals surface area contributed by atoms with E-state index in [1.54, 1.807) is 12.1 Å². The normalized spacial score (nSPS) is 12.9. The third-order valence-electron chi connectivity index (χ3n) is 2.44. The maximum atomic E-state index is 11.8. The van der Waals surface area contributed by atoms with Gasteiger partial charge in [-0.2, -0.15) is 0 Å². The first-order valence-electron chi connectivity index (χ1n) is 5.42. The van der Waals surface area contributed by atoms with Gasteiger partial charge in [-0.05, 0) is 31.2 Å². The predicted octanol–water partition coefficient (Wildman–Crippen LogP) is 0.440. The van der Waals surface area contributed by atoms with Crippen molar-refractivity contribution in [3.8, 4) is 12.3 Å². The molecule has 6 heteroatoms. The average Bonchev–Trinajstić information content (AvgIpc) is 2.43. The Balaban J connectivity index is 2.85.